The summed E-state index contributed by atoms with van der Waals surface area (Å²) in [5, 5.41) is 23.3. The molecule has 0 saturated carbocycles. The molecule has 0 bridgehead atoms. The Kier molecular flexibility index (Phi) is 5.43. The number of non-ortho nitro benzene ring substituents is 1. The number of hydrogen-bond acceptors (Lipinski definition) is 4. The molecule has 21 heavy (non-hydrogen) atoms. The molecule has 0 aromatic heterocycles. The average molecular weight is 286 g/mol. The van der Waals surface area contributed by atoms with Crippen molar-refractivity contribution in [2.24, 2.45) is 0 Å². The maximum absolute atomic E-state index is 10.6. The SMILES string of the molecule is O=[N+]([O-])c1ccc(CC(CO)NCc2ccccc2)cc1. The zero-order valence-electron chi connectivity index (χ0n) is 11.6. The minimum absolute atomic E-state index is 0.0177. The van der Waals surface area contributed by atoms with Gasteiger partial charge in [0, 0.05) is 24.7 Å². The summed E-state index contributed by atoms with van der Waals surface area (Å²) in [5.74, 6) is 0. The van der Waals surface area contributed by atoms with Crippen molar-refractivity contribution >= 4 is 5.69 Å². The second-order valence-electron chi connectivity index (χ2n) is 4.87. The van der Waals surface area contributed by atoms with Gasteiger partial charge in [0.15, 0.2) is 0 Å². The lowest BCUT2D eigenvalue weighted by atomic mass is 10.1. The Morgan fingerprint density at radius 1 is 1.05 bits per heavy atom. The number of nitrogens with zero attached hydrogens (tertiary/aromatic N) is 1. The first-order valence-electron chi connectivity index (χ1n) is 6.80. The fourth-order valence-electron chi connectivity index (χ4n) is 2.10. The van der Waals surface area contributed by atoms with Gasteiger partial charge in [-0.05, 0) is 17.5 Å². The highest BCUT2D eigenvalue weighted by Gasteiger charge is 2.10. The normalized spacial score (nSPS) is 12.0. The Hall–Kier alpha value is -2.24. The number of hydrogen-bond donors (Lipinski definition) is 2. The Labute approximate surface area is 123 Å². The molecule has 0 aliphatic carbocycles. The summed E-state index contributed by atoms with van der Waals surface area (Å²) in [6, 6.07) is 16.3. The summed E-state index contributed by atoms with van der Waals surface area (Å²) in [6.45, 7) is 0.697. The third-order valence-electron chi connectivity index (χ3n) is 3.29. The summed E-state index contributed by atoms with van der Waals surface area (Å²) >= 11 is 0. The minimum Gasteiger partial charge on any atom is -0.395 e. The van der Waals surface area contributed by atoms with Gasteiger partial charge in [-0.1, -0.05) is 42.5 Å². The molecule has 5 heteroatoms. The van der Waals surface area contributed by atoms with E-state index in [2.05, 4.69) is 5.32 Å². The zero-order chi connectivity index (χ0) is 15.1. The summed E-state index contributed by atoms with van der Waals surface area (Å²) in [6.07, 6.45) is 0.626. The Balaban J connectivity index is 1.91. The van der Waals surface area contributed by atoms with Crippen LogP contribution in [0.5, 0.6) is 0 Å². The molecule has 2 rings (SSSR count). The third-order valence-corrected chi connectivity index (χ3v) is 3.29. The van der Waals surface area contributed by atoms with Crippen molar-refractivity contribution < 1.29 is 10.0 Å². The lowest BCUT2D eigenvalue weighted by molar-refractivity contribution is -0.384. The van der Waals surface area contributed by atoms with Crippen LogP contribution in [0.25, 0.3) is 0 Å². The highest BCUT2D eigenvalue weighted by atomic mass is 16.6. The molecule has 1 atom stereocenters. The van der Waals surface area contributed by atoms with Gasteiger partial charge >= 0.3 is 0 Å². The van der Waals surface area contributed by atoms with Crippen LogP contribution in [0.4, 0.5) is 5.69 Å². The van der Waals surface area contributed by atoms with Crippen molar-refractivity contribution in [3.63, 3.8) is 0 Å². The molecule has 2 aromatic carbocycles. The molecule has 1 unspecified atom stereocenters. The molecule has 5 nitrogen and oxygen atoms in total. The van der Waals surface area contributed by atoms with Gasteiger partial charge in [-0.25, -0.2) is 0 Å². The summed E-state index contributed by atoms with van der Waals surface area (Å²) in [7, 11) is 0. The van der Waals surface area contributed by atoms with Crippen LogP contribution >= 0.6 is 0 Å². The van der Waals surface area contributed by atoms with Gasteiger partial charge in [0.05, 0.1) is 11.5 Å². The lowest BCUT2D eigenvalue weighted by Crippen LogP contribution is -2.34. The van der Waals surface area contributed by atoms with Gasteiger partial charge in [0.25, 0.3) is 5.69 Å². The van der Waals surface area contributed by atoms with Gasteiger partial charge in [-0.2, -0.15) is 0 Å². The summed E-state index contributed by atoms with van der Waals surface area (Å²) < 4.78 is 0. The molecule has 0 amide bonds. The van der Waals surface area contributed by atoms with Crippen LogP contribution in [0.15, 0.2) is 54.6 Å². The number of nitro groups is 1. The molecular formula is C16H18N2O3. The first-order valence-corrected chi connectivity index (χ1v) is 6.80. The number of aliphatic hydroxyl groups is 1. The minimum atomic E-state index is -0.416. The van der Waals surface area contributed by atoms with Crippen LogP contribution < -0.4 is 5.32 Å². The highest BCUT2D eigenvalue weighted by Crippen LogP contribution is 2.13. The van der Waals surface area contributed by atoms with Gasteiger partial charge in [-0.3, -0.25) is 10.1 Å². The molecule has 0 aliphatic rings. The van der Waals surface area contributed by atoms with Crippen molar-refractivity contribution in [1.82, 2.24) is 5.32 Å². The van der Waals surface area contributed by atoms with Gasteiger partial charge in [-0.15, -0.1) is 0 Å². The Morgan fingerprint density at radius 3 is 2.29 bits per heavy atom. The van der Waals surface area contributed by atoms with Crippen LogP contribution in [-0.2, 0) is 13.0 Å². The number of rotatable bonds is 7. The molecular weight excluding hydrogens is 268 g/mol. The fraction of sp³-hybridized carbons (Fsp3) is 0.250. The number of nitrogens with one attached hydrogen (secondary N) is 1. The maximum atomic E-state index is 10.6. The second-order valence-corrected chi connectivity index (χ2v) is 4.87. The maximum Gasteiger partial charge on any atom is 0.269 e. The molecule has 2 N–H and O–H groups in total. The fourth-order valence-corrected chi connectivity index (χ4v) is 2.10. The van der Waals surface area contributed by atoms with E-state index in [1.165, 1.54) is 12.1 Å². The van der Waals surface area contributed by atoms with E-state index in [1.54, 1.807) is 12.1 Å². The summed E-state index contributed by atoms with van der Waals surface area (Å²) in [4.78, 5) is 10.2. The predicted octanol–water partition coefficient (Wildman–Crippen LogP) is 2.29. The number of nitro benzene ring substituents is 1. The van der Waals surface area contributed by atoms with Crippen molar-refractivity contribution in [2.75, 3.05) is 6.61 Å². The highest BCUT2D eigenvalue weighted by molar-refractivity contribution is 5.33. The Bertz CT molecular complexity index is 570. The monoisotopic (exact) mass is 286 g/mol. The van der Waals surface area contributed by atoms with Crippen LogP contribution in [0.3, 0.4) is 0 Å². The molecule has 0 heterocycles. The standard InChI is InChI=1S/C16H18N2O3/c19-12-15(17-11-14-4-2-1-3-5-14)10-13-6-8-16(9-7-13)18(20)21/h1-9,15,17,19H,10-12H2. The Morgan fingerprint density at radius 2 is 1.71 bits per heavy atom. The topological polar surface area (TPSA) is 75.4 Å². The van der Waals surface area contributed by atoms with Crippen molar-refractivity contribution in [3.8, 4) is 0 Å². The van der Waals surface area contributed by atoms with Crippen LogP contribution in [0.1, 0.15) is 11.1 Å². The molecule has 0 saturated heterocycles. The quantitative estimate of drug-likeness (QED) is 0.605. The van der Waals surface area contributed by atoms with Gasteiger partial charge < -0.3 is 10.4 Å². The second kappa shape index (κ2) is 7.52. The number of aliphatic hydroxyl groups excluding tert-OH is 1. The molecule has 0 aliphatic heterocycles. The van der Waals surface area contributed by atoms with E-state index in [9.17, 15) is 15.2 Å². The van der Waals surface area contributed by atoms with E-state index in [0.717, 1.165) is 11.1 Å². The van der Waals surface area contributed by atoms with E-state index in [4.69, 9.17) is 0 Å². The average Bonchev–Trinajstić information content (AvgIpc) is 2.53. The van der Waals surface area contributed by atoms with Crippen LogP contribution in [0, 0.1) is 10.1 Å². The van der Waals surface area contributed by atoms with E-state index in [0.29, 0.717) is 13.0 Å². The van der Waals surface area contributed by atoms with E-state index < -0.39 is 4.92 Å². The summed E-state index contributed by atoms with van der Waals surface area (Å²) in [5.41, 5.74) is 2.19. The van der Waals surface area contributed by atoms with E-state index in [1.807, 2.05) is 30.3 Å². The van der Waals surface area contributed by atoms with Crippen molar-refractivity contribution in [2.45, 2.75) is 19.0 Å². The third kappa shape index (κ3) is 4.66. The first kappa shape index (κ1) is 15.2. The molecule has 110 valence electrons. The first-order chi connectivity index (χ1) is 10.2. The lowest BCUT2D eigenvalue weighted by Gasteiger charge is -2.16. The predicted molar refractivity (Wildman–Crippen MR) is 81.0 cm³/mol. The molecule has 0 fully saturated rings. The van der Waals surface area contributed by atoms with Crippen molar-refractivity contribution in [1.29, 1.82) is 0 Å². The van der Waals surface area contributed by atoms with Gasteiger partial charge in [0.2, 0.25) is 0 Å². The molecule has 0 spiro atoms. The zero-order valence-corrected chi connectivity index (χ0v) is 11.6. The molecule has 0 radical (unpaired) electrons. The van der Waals surface area contributed by atoms with Crippen molar-refractivity contribution in [3.05, 3.63) is 75.8 Å². The smallest absolute Gasteiger partial charge is 0.269 e. The largest absolute Gasteiger partial charge is 0.395 e. The molecule has 2 aromatic rings. The van der Waals surface area contributed by atoms with E-state index >= 15 is 0 Å². The number of benzene rings is 2. The van der Waals surface area contributed by atoms with Crippen LogP contribution in [-0.4, -0.2) is 22.7 Å². The van der Waals surface area contributed by atoms with E-state index in [-0.39, 0.29) is 18.3 Å². The van der Waals surface area contributed by atoms with Crippen LogP contribution in [0.2, 0.25) is 0 Å². The van der Waals surface area contributed by atoms with Gasteiger partial charge in [0.1, 0.15) is 0 Å².